The van der Waals surface area contributed by atoms with E-state index in [2.05, 4.69) is 69.5 Å². The number of hydrogen-bond acceptors (Lipinski definition) is 4. The van der Waals surface area contributed by atoms with Crippen molar-refractivity contribution in [1.82, 2.24) is 25.4 Å². The van der Waals surface area contributed by atoms with Gasteiger partial charge in [-0.25, -0.2) is 4.99 Å². The molecule has 0 saturated heterocycles. The fourth-order valence-electron chi connectivity index (χ4n) is 2.56. The van der Waals surface area contributed by atoms with Crippen LogP contribution in [0.15, 0.2) is 46.8 Å². The summed E-state index contributed by atoms with van der Waals surface area (Å²) in [4.78, 5) is 6.10. The van der Waals surface area contributed by atoms with Gasteiger partial charge in [-0.1, -0.05) is 35.9 Å². The van der Waals surface area contributed by atoms with E-state index >= 15 is 0 Å². The first-order chi connectivity index (χ1) is 13.1. The molecule has 0 atom stereocenters. The zero-order chi connectivity index (χ0) is 19.1. The van der Waals surface area contributed by atoms with Crippen LogP contribution >= 0.6 is 35.3 Å². The monoisotopic (exact) mass is 510 g/mol. The van der Waals surface area contributed by atoms with Crippen molar-refractivity contribution < 1.29 is 0 Å². The van der Waals surface area contributed by atoms with Gasteiger partial charge in [0, 0.05) is 18.5 Å². The van der Waals surface area contributed by atoms with Crippen LogP contribution in [0, 0.1) is 13.8 Å². The summed E-state index contributed by atoms with van der Waals surface area (Å²) in [5.41, 5.74) is 2.45. The Morgan fingerprint density at radius 3 is 2.54 bits per heavy atom. The Hall–Kier alpha value is -1.94. The SMILES string of the molecule is Cc1ccc(CN=C(NCCc2cccs2)NCc2nnc(C)n2C)cc1.I. The lowest BCUT2D eigenvalue weighted by Gasteiger charge is -2.12. The highest BCUT2D eigenvalue weighted by molar-refractivity contribution is 14.0. The Balaban J connectivity index is 0.00000280. The van der Waals surface area contributed by atoms with E-state index in [1.807, 2.05) is 18.5 Å². The van der Waals surface area contributed by atoms with Crippen molar-refractivity contribution >= 4 is 41.3 Å². The second-order valence-corrected chi connectivity index (χ2v) is 7.51. The molecule has 0 amide bonds. The molecule has 2 heterocycles. The number of benzene rings is 1. The van der Waals surface area contributed by atoms with Gasteiger partial charge in [0.15, 0.2) is 11.8 Å². The molecule has 8 heteroatoms. The first-order valence-corrected chi connectivity index (χ1v) is 9.95. The summed E-state index contributed by atoms with van der Waals surface area (Å²) in [6.45, 7) is 6.08. The molecule has 0 aliphatic rings. The average molecular weight is 510 g/mol. The molecule has 2 aromatic heterocycles. The lowest BCUT2D eigenvalue weighted by Crippen LogP contribution is -2.38. The normalized spacial score (nSPS) is 11.2. The minimum absolute atomic E-state index is 0. The molecule has 0 radical (unpaired) electrons. The topological polar surface area (TPSA) is 67.1 Å². The van der Waals surface area contributed by atoms with Gasteiger partial charge < -0.3 is 15.2 Å². The van der Waals surface area contributed by atoms with Crippen LogP contribution in [0.5, 0.6) is 0 Å². The molecule has 1 aromatic carbocycles. The maximum absolute atomic E-state index is 4.73. The summed E-state index contributed by atoms with van der Waals surface area (Å²) < 4.78 is 1.98. The number of guanidine groups is 1. The summed E-state index contributed by atoms with van der Waals surface area (Å²) in [5.74, 6) is 2.57. The molecule has 2 N–H and O–H groups in total. The van der Waals surface area contributed by atoms with Crippen molar-refractivity contribution in [2.45, 2.75) is 33.4 Å². The van der Waals surface area contributed by atoms with Crippen LogP contribution in [0.25, 0.3) is 0 Å². The lowest BCUT2D eigenvalue weighted by atomic mass is 10.1. The zero-order valence-electron chi connectivity index (χ0n) is 16.5. The van der Waals surface area contributed by atoms with Gasteiger partial charge in [0.2, 0.25) is 0 Å². The first kappa shape index (κ1) is 22.4. The van der Waals surface area contributed by atoms with Gasteiger partial charge >= 0.3 is 0 Å². The van der Waals surface area contributed by atoms with Crippen LogP contribution in [-0.2, 0) is 26.6 Å². The standard InChI is InChI=1S/C20H26N6S.HI/c1-15-6-8-17(9-7-15)13-22-20(21-11-10-18-5-4-12-27-18)23-14-19-25-24-16(2)26(19)3;/h4-9,12H,10-11,13-14H2,1-3H3,(H2,21,22,23);1H. The number of nitrogens with one attached hydrogen (secondary N) is 2. The highest BCUT2D eigenvalue weighted by atomic mass is 127. The maximum Gasteiger partial charge on any atom is 0.191 e. The summed E-state index contributed by atoms with van der Waals surface area (Å²) in [6.07, 6.45) is 0.978. The van der Waals surface area contributed by atoms with Crippen molar-refractivity contribution in [3.05, 3.63) is 69.4 Å². The van der Waals surface area contributed by atoms with E-state index in [0.717, 1.165) is 30.6 Å². The smallest absolute Gasteiger partial charge is 0.191 e. The minimum atomic E-state index is 0. The van der Waals surface area contributed by atoms with Crippen molar-refractivity contribution in [2.24, 2.45) is 12.0 Å². The summed E-state index contributed by atoms with van der Waals surface area (Å²) in [5, 5.41) is 17.2. The van der Waals surface area contributed by atoms with Crippen LogP contribution in [0.3, 0.4) is 0 Å². The van der Waals surface area contributed by atoms with Crippen molar-refractivity contribution in [3.8, 4) is 0 Å². The Labute approximate surface area is 187 Å². The van der Waals surface area contributed by atoms with Gasteiger partial charge in [-0.3, -0.25) is 0 Å². The molecule has 0 aliphatic carbocycles. The molecule has 0 spiro atoms. The Morgan fingerprint density at radius 2 is 1.89 bits per heavy atom. The molecule has 0 unspecified atom stereocenters. The van der Waals surface area contributed by atoms with E-state index in [1.165, 1.54) is 16.0 Å². The molecule has 150 valence electrons. The van der Waals surface area contributed by atoms with Crippen LogP contribution in [-0.4, -0.2) is 27.3 Å². The van der Waals surface area contributed by atoms with Crippen LogP contribution in [0.2, 0.25) is 0 Å². The Bertz CT molecular complexity index is 871. The molecule has 0 aliphatic heterocycles. The van der Waals surface area contributed by atoms with Crippen molar-refractivity contribution in [2.75, 3.05) is 6.54 Å². The van der Waals surface area contributed by atoms with Crippen LogP contribution in [0.4, 0.5) is 0 Å². The Kier molecular flexibility index (Phi) is 8.91. The van der Waals surface area contributed by atoms with Crippen LogP contribution < -0.4 is 10.6 Å². The van der Waals surface area contributed by atoms with Gasteiger partial charge in [0.25, 0.3) is 0 Å². The maximum atomic E-state index is 4.73. The minimum Gasteiger partial charge on any atom is -0.356 e. The van der Waals surface area contributed by atoms with Crippen LogP contribution in [0.1, 0.15) is 27.7 Å². The third kappa shape index (κ3) is 6.59. The summed E-state index contributed by atoms with van der Waals surface area (Å²) in [6, 6.07) is 12.7. The van der Waals surface area contributed by atoms with Crippen molar-refractivity contribution in [1.29, 1.82) is 0 Å². The van der Waals surface area contributed by atoms with Gasteiger partial charge in [0.1, 0.15) is 5.82 Å². The lowest BCUT2D eigenvalue weighted by molar-refractivity contribution is 0.713. The van der Waals surface area contributed by atoms with E-state index in [-0.39, 0.29) is 24.0 Å². The Morgan fingerprint density at radius 1 is 1.11 bits per heavy atom. The average Bonchev–Trinajstić information content (AvgIpc) is 3.29. The molecular weight excluding hydrogens is 483 g/mol. The van der Waals surface area contributed by atoms with Gasteiger partial charge in [0.05, 0.1) is 13.1 Å². The number of rotatable bonds is 7. The fourth-order valence-corrected chi connectivity index (χ4v) is 3.27. The molecule has 0 bridgehead atoms. The van der Waals surface area contributed by atoms with E-state index in [9.17, 15) is 0 Å². The number of aliphatic imine (C=N–C) groups is 1. The number of thiophene rings is 1. The first-order valence-electron chi connectivity index (χ1n) is 9.07. The molecule has 0 saturated carbocycles. The third-order valence-electron chi connectivity index (χ3n) is 4.38. The number of hydrogen-bond donors (Lipinski definition) is 2. The molecule has 28 heavy (non-hydrogen) atoms. The number of aromatic nitrogens is 3. The highest BCUT2D eigenvalue weighted by Crippen LogP contribution is 2.08. The predicted octanol–water partition coefficient (Wildman–Crippen LogP) is 3.59. The largest absolute Gasteiger partial charge is 0.356 e. The molecule has 6 nitrogen and oxygen atoms in total. The van der Waals surface area contributed by atoms with E-state index < -0.39 is 0 Å². The molecule has 3 rings (SSSR count). The second kappa shape index (κ2) is 11.2. The fraction of sp³-hybridized carbons (Fsp3) is 0.350. The van der Waals surface area contributed by atoms with E-state index in [1.54, 1.807) is 11.3 Å². The van der Waals surface area contributed by atoms with Gasteiger partial charge in [-0.05, 0) is 37.3 Å². The van der Waals surface area contributed by atoms with Gasteiger partial charge in [-0.2, -0.15) is 0 Å². The quantitative estimate of drug-likeness (QED) is 0.290. The van der Waals surface area contributed by atoms with E-state index in [0.29, 0.717) is 13.1 Å². The van der Waals surface area contributed by atoms with E-state index in [4.69, 9.17) is 4.99 Å². The number of aryl methyl sites for hydroxylation is 2. The molecular formula is C20H27IN6S. The second-order valence-electron chi connectivity index (χ2n) is 6.48. The molecule has 0 fully saturated rings. The number of nitrogens with zero attached hydrogens (tertiary/aromatic N) is 4. The molecule has 3 aromatic rings. The van der Waals surface area contributed by atoms with Crippen molar-refractivity contribution in [3.63, 3.8) is 0 Å². The zero-order valence-corrected chi connectivity index (χ0v) is 19.6. The summed E-state index contributed by atoms with van der Waals surface area (Å²) >= 11 is 1.78. The summed E-state index contributed by atoms with van der Waals surface area (Å²) in [7, 11) is 1.97. The third-order valence-corrected chi connectivity index (χ3v) is 5.32. The highest BCUT2D eigenvalue weighted by Gasteiger charge is 2.06. The van der Waals surface area contributed by atoms with Gasteiger partial charge in [-0.15, -0.1) is 45.5 Å². The number of halogens is 1. The predicted molar refractivity (Wildman–Crippen MR) is 126 cm³/mol.